The number of azide groups is 1. The third-order valence-electron chi connectivity index (χ3n) is 2.12. The van der Waals surface area contributed by atoms with Crippen molar-refractivity contribution in [3.63, 3.8) is 0 Å². The molecule has 0 saturated heterocycles. The lowest BCUT2D eigenvalue weighted by Crippen LogP contribution is -2.36. The van der Waals surface area contributed by atoms with Gasteiger partial charge in [0.15, 0.2) is 5.78 Å². The molecule has 0 saturated carbocycles. The summed E-state index contributed by atoms with van der Waals surface area (Å²) in [5, 5.41) is 5.80. The van der Waals surface area contributed by atoms with E-state index in [9.17, 15) is 9.59 Å². The molecule has 1 heterocycles. The van der Waals surface area contributed by atoms with E-state index >= 15 is 0 Å². The second-order valence-electron chi connectivity index (χ2n) is 3.03. The Labute approximate surface area is 84.5 Å². The average Bonchev–Trinajstić information content (AvgIpc) is 2.24. The molecule has 0 aromatic heterocycles. The van der Waals surface area contributed by atoms with Crippen LogP contribution in [-0.4, -0.2) is 18.2 Å². The molecular weight excluding hydrogens is 196 g/mol. The van der Waals surface area contributed by atoms with Crippen molar-refractivity contribution in [1.29, 1.82) is 0 Å². The Morgan fingerprint density at radius 1 is 1.33 bits per heavy atom. The first kappa shape index (κ1) is 9.23. The molecule has 74 valence electrons. The molecule has 0 unspecified atom stereocenters. The second kappa shape index (κ2) is 3.43. The number of ketones is 1. The summed E-state index contributed by atoms with van der Waals surface area (Å²) < 4.78 is 0. The van der Waals surface area contributed by atoms with Gasteiger partial charge in [-0.15, -0.1) is 0 Å². The number of carbonyl (C=O) groups excluding carboxylic acids is 2. The van der Waals surface area contributed by atoms with Crippen LogP contribution >= 0.6 is 0 Å². The fourth-order valence-electron chi connectivity index (χ4n) is 1.43. The molecule has 0 atom stereocenters. The summed E-state index contributed by atoms with van der Waals surface area (Å²) in [6.45, 7) is 0.0205. The van der Waals surface area contributed by atoms with Gasteiger partial charge >= 0.3 is 0 Å². The minimum atomic E-state index is -0.320. The normalized spacial score (nSPS) is 13.9. The van der Waals surface area contributed by atoms with Crippen molar-refractivity contribution in [3.05, 3.63) is 39.8 Å². The summed E-state index contributed by atoms with van der Waals surface area (Å²) in [5.74, 6) is -0.461. The Morgan fingerprint density at radius 2 is 2.13 bits per heavy atom. The van der Waals surface area contributed by atoms with Crippen molar-refractivity contribution in [1.82, 2.24) is 5.32 Å². The molecule has 0 radical (unpaired) electrons. The van der Waals surface area contributed by atoms with Crippen LogP contribution < -0.4 is 5.32 Å². The van der Waals surface area contributed by atoms with E-state index < -0.39 is 0 Å². The van der Waals surface area contributed by atoms with Gasteiger partial charge in [0.25, 0.3) is 5.91 Å². The van der Waals surface area contributed by atoms with Crippen molar-refractivity contribution >= 4 is 17.4 Å². The van der Waals surface area contributed by atoms with E-state index in [0.29, 0.717) is 11.3 Å². The van der Waals surface area contributed by atoms with Crippen LogP contribution in [0.3, 0.4) is 0 Å². The van der Waals surface area contributed by atoms with Crippen LogP contribution in [0.5, 0.6) is 0 Å². The van der Waals surface area contributed by atoms with Crippen molar-refractivity contribution in [2.45, 2.75) is 0 Å². The number of hydrogen-bond donors (Lipinski definition) is 1. The van der Waals surface area contributed by atoms with Gasteiger partial charge < -0.3 is 5.32 Å². The molecule has 1 aromatic carbocycles. The number of amides is 1. The Hall–Kier alpha value is -2.33. The fraction of sp³-hybridized carbons (Fsp3) is 0.111. The van der Waals surface area contributed by atoms with Crippen LogP contribution in [0.4, 0.5) is 5.69 Å². The molecule has 1 aliphatic rings. The Kier molecular flexibility index (Phi) is 2.11. The second-order valence-corrected chi connectivity index (χ2v) is 3.03. The van der Waals surface area contributed by atoms with Crippen LogP contribution in [-0.2, 0) is 0 Å². The van der Waals surface area contributed by atoms with Gasteiger partial charge in [-0.25, -0.2) is 0 Å². The molecule has 0 spiro atoms. The monoisotopic (exact) mass is 202 g/mol. The first-order valence-corrected chi connectivity index (χ1v) is 4.23. The van der Waals surface area contributed by atoms with Gasteiger partial charge in [-0.3, -0.25) is 9.59 Å². The van der Waals surface area contributed by atoms with Gasteiger partial charge in [0, 0.05) is 16.2 Å². The van der Waals surface area contributed by atoms with Crippen molar-refractivity contribution < 1.29 is 9.59 Å². The van der Waals surface area contributed by atoms with E-state index in [4.69, 9.17) is 5.53 Å². The van der Waals surface area contributed by atoms with Crippen LogP contribution in [0.15, 0.2) is 23.3 Å². The first-order valence-electron chi connectivity index (χ1n) is 4.23. The van der Waals surface area contributed by atoms with Gasteiger partial charge in [0.05, 0.1) is 12.1 Å². The maximum absolute atomic E-state index is 11.4. The molecule has 1 aromatic rings. The topological polar surface area (TPSA) is 94.9 Å². The molecule has 6 heteroatoms. The van der Waals surface area contributed by atoms with E-state index in [1.54, 1.807) is 0 Å². The van der Waals surface area contributed by atoms with Crippen LogP contribution in [0.2, 0.25) is 0 Å². The molecule has 0 aliphatic carbocycles. The highest BCUT2D eigenvalue weighted by Gasteiger charge is 2.22. The maximum Gasteiger partial charge on any atom is 0.252 e. The number of hydrogen-bond acceptors (Lipinski definition) is 3. The Morgan fingerprint density at radius 3 is 2.87 bits per heavy atom. The van der Waals surface area contributed by atoms with Crippen LogP contribution in [0.1, 0.15) is 20.7 Å². The lowest BCUT2D eigenvalue weighted by molar-refractivity contribution is 0.0877. The fourth-order valence-corrected chi connectivity index (χ4v) is 1.43. The highest BCUT2D eigenvalue weighted by atomic mass is 16.2. The quantitative estimate of drug-likeness (QED) is 0.424. The molecule has 0 bridgehead atoms. The third-order valence-corrected chi connectivity index (χ3v) is 2.12. The van der Waals surface area contributed by atoms with Crippen LogP contribution in [0, 0.1) is 0 Å². The Bertz CT molecular complexity index is 503. The minimum absolute atomic E-state index is 0.0205. The Balaban J connectivity index is 2.59. The summed E-state index contributed by atoms with van der Waals surface area (Å²) in [5.41, 5.74) is 9.18. The number of rotatable bonds is 1. The van der Waals surface area contributed by atoms with E-state index in [0.717, 1.165) is 0 Å². The minimum Gasteiger partial charge on any atom is -0.345 e. The smallest absolute Gasteiger partial charge is 0.252 e. The lowest BCUT2D eigenvalue weighted by atomic mass is 9.99. The highest BCUT2D eigenvalue weighted by Crippen LogP contribution is 2.21. The molecule has 1 aliphatic heterocycles. The van der Waals surface area contributed by atoms with E-state index in [1.807, 2.05) is 0 Å². The molecule has 6 nitrogen and oxygen atoms in total. The summed E-state index contributed by atoms with van der Waals surface area (Å²) in [4.78, 5) is 25.4. The van der Waals surface area contributed by atoms with E-state index in [1.165, 1.54) is 18.2 Å². The van der Waals surface area contributed by atoms with E-state index in [2.05, 4.69) is 15.3 Å². The highest BCUT2D eigenvalue weighted by molar-refractivity contribution is 6.14. The van der Waals surface area contributed by atoms with E-state index in [-0.39, 0.29) is 23.8 Å². The standard InChI is InChI=1S/C9H6N4O2/c10-13-12-5-1-2-6-7(3-5)9(15)11-4-8(6)14/h1-3H,4H2,(H,11,15). The van der Waals surface area contributed by atoms with Crippen molar-refractivity contribution in [2.75, 3.05) is 6.54 Å². The molecule has 2 rings (SSSR count). The SMILES string of the molecule is [N-]=[N+]=Nc1ccc2c(c1)C(=O)NCC2=O. The number of nitrogens with one attached hydrogen (secondary N) is 1. The summed E-state index contributed by atoms with van der Waals surface area (Å²) >= 11 is 0. The largest absolute Gasteiger partial charge is 0.345 e. The molecule has 1 N–H and O–H groups in total. The average molecular weight is 202 g/mol. The van der Waals surface area contributed by atoms with Crippen LogP contribution in [0.25, 0.3) is 10.4 Å². The van der Waals surface area contributed by atoms with Gasteiger partial charge in [0.1, 0.15) is 0 Å². The number of carbonyl (C=O) groups is 2. The predicted octanol–water partition coefficient (Wildman–Crippen LogP) is 1.55. The van der Waals surface area contributed by atoms with Gasteiger partial charge in [0.2, 0.25) is 0 Å². The van der Waals surface area contributed by atoms with Crippen molar-refractivity contribution in [3.8, 4) is 0 Å². The molecular formula is C9H6N4O2. The zero-order chi connectivity index (χ0) is 10.8. The summed E-state index contributed by atoms with van der Waals surface area (Å²) in [7, 11) is 0. The summed E-state index contributed by atoms with van der Waals surface area (Å²) in [6, 6.07) is 4.41. The van der Waals surface area contributed by atoms with Gasteiger partial charge in [-0.2, -0.15) is 0 Å². The molecule has 0 fully saturated rings. The predicted molar refractivity (Wildman–Crippen MR) is 51.9 cm³/mol. The summed E-state index contributed by atoms with van der Waals surface area (Å²) in [6.07, 6.45) is 0. The zero-order valence-electron chi connectivity index (χ0n) is 7.60. The first-order chi connectivity index (χ1) is 7.22. The third kappa shape index (κ3) is 1.53. The molecule has 1 amide bonds. The zero-order valence-corrected chi connectivity index (χ0v) is 7.60. The lowest BCUT2D eigenvalue weighted by Gasteiger charge is -2.15. The van der Waals surface area contributed by atoms with Gasteiger partial charge in [-0.1, -0.05) is 17.2 Å². The number of nitrogens with zero attached hydrogens (tertiary/aromatic N) is 3. The number of benzene rings is 1. The number of Topliss-reactive ketones (excluding diaryl/α,β-unsaturated/α-hetero) is 1. The maximum atomic E-state index is 11.4. The van der Waals surface area contributed by atoms with Gasteiger partial charge in [-0.05, 0) is 11.6 Å². The van der Waals surface area contributed by atoms with Crippen molar-refractivity contribution in [2.24, 2.45) is 5.11 Å². The molecule has 15 heavy (non-hydrogen) atoms. The number of fused-ring (bicyclic) bond motifs is 1.